The largest absolute Gasteiger partial charge is 0.350 e. The summed E-state index contributed by atoms with van der Waals surface area (Å²) in [5.74, 6) is 0.323. The van der Waals surface area contributed by atoms with Crippen molar-refractivity contribution in [3.63, 3.8) is 0 Å². The quantitative estimate of drug-likeness (QED) is 0.637. The molecule has 0 saturated heterocycles. The van der Waals surface area contributed by atoms with Crippen molar-refractivity contribution < 1.29 is 9.59 Å². The summed E-state index contributed by atoms with van der Waals surface area (Å²) in [7, 11) is 0. The highest BCUT2D eigenvalue weighted by atomic mass is 79.9. The lowest BCUT2D eigenvalue weighted by Gasteiger charge is -2.28. The van der Waals surface area contributed by atoms with Crippen molar-refractivity contribution in [2.24, 2.45) is 5.92 Å². The van der Waals surface area contributed by atoms with Crippen molar-refractivity contribution >= 4 is 27.6 Å². The van der Waals surface area contributed by atoms with E-state index in [-0.39, 0.29) is 28.5 Å². The van der Waals surface area contributed by atoms with E-state index >= 15 is 0 Å². The van der Waals surface area contributed by atoms with E-state index in [0.29, 0.717) is 0 Å². The van der Waals surface area contributed by atoms with Gasteiger partial charge in [0.05, 0.1) is 4.83 Å². The fraction of sp³-hybridized carbons (Fsp3) is 0.667. The zero-order chi connectivity index (χ0) is 12.1. The molecular weight excluding hydrogens is 270 g/mol. The van der Waals surface area contributed by atoms with Crippen LogP contribution < -0.4 is 5.32 Å². The summed E-state index contributed by atoms with van der Waals surface area (Å²) in [4.78, 5) is 22.8. The van der Waals surface area contributed by atoms with Crippen LogP contribution in [0.15, 0.2) is 12.7 Å². The predicted molar refractivity (Wildman–Crippen MR) is 67.5 cm³/mol. The van der Waals surface area contributed by atoms with Crippen LogP contribution in [0.1, 0.15) is 32.6 Å². The minimum atomic E-state index is -0.122. The Balaban J connectivity index is 2.36. The van der Waals surface area contributed by atoms with Crippen LogP contribution in [-0.2, 0) is 9.59 Å². The number of amides is 1. The molecule has 1 atom stereocenters. The number of alkyl halides is 1. The van der Waals surface area contributed by atoms with Gasteiger partial charge in [0.1, 0.15) is 5.78 Å². The molecule has 1 aliphatic rings. The molecule has 1 aliphatic carbocycles. The maximum Gasteiger partial charge on any atom is 0.243 e. The highest BCUT2D eigenvalue weighted by Gasteiger charge is 2.28. The molecule has 1 N–H and O–H groups in total. The van der Waals surface area contributed by atoms with Gasteiger partial charge in [-0.1, -0.05) is 22.5 Å². The van der Waals surface area contributed by atoms with Crippen molar-refractivity contribution in [3.05, 3.63) is 12.7 Å². The van der Waals surface area contributed by atoms with Gasteiger partial charge in [0, 0.05) is 12.0 Å². The second-order valence-electron chi connectivity index (χ2n) is 4.28. The fourth-order valence-corrected chi connectivity index (χ4v) is 2.48. The summed E-state index contributed by atoms with van der Waals surface area (Å²) >= 11 is 3.31. The van der Waals surface area contributed by atoms with E-state index in [4.69, 9.17) is 0 Å². The lowest BCUT2D eigenvalue weighted by molar-refractivity contribution is -0.123. The van der Waals surface area contributed by atoms with Gasteiger partial charge in [-0.25, -0.2) is 0 Å². The van der Waals surface area contributed by atoms with Crippen molar-refractivity contribution in [3.8, 4) is 0 Å². The summed E-state index contributed by atoms with van der Waals surface area (Å²) in [5.41, 5.74) is 0. The summed E-state index contributed by atoms with van der Waals surface area (Å²) in [6.07, 6.45) is 4.80. The molecule has 0 heterocycles. The molecule has 1 fully saturated rings. The van der Waals surface area contributed by atoms with Crippen LogP contribution in [-0.4, -0.2) is 22.6 Å². The third kappa shape index (κ3) is 3.74. The molecule has 1 saturated carbocycles. The lowest BCUT2D eigenvalue weighted by atomic mass is 9.83. The zero-order valence-electron chi connectivity index (χ0n) is 9.54. The van der Waals surface area contributed by atoms with Crippen LogP contribution in [0.2, 0.25) is 0 Å². The Kier molecular flexibility index (Phi) is 5.19. The summed E-state index contributed by atoms with van der Waals surface area (Å²) in [6, 6.07) is 0.209. The molecule has 0 aromatic heterocycles. The van der Waals surface area contributed by atoms with E-state index < -0.39 is 0 Å². The highest BCUT2D eigenvalue weighted by Crippen LogP contribution is 2.27. The number of rotatable bonds is 4. The van der Waals surface area contributed by atoms with Gasteiger partial charge in [0.25, 0.3) is 0 Å². The second-order valence-corrected chi connectivity index (χ2v) is 5.65. The average Bonchev–Trinajstić information content (AvgIpc) is 2.28. The number of Topliss-reactive ketones (excluding diaryl/α,β-unsaturated/α-hetero) is 1. The number of halogens is 1. The molecule has 3 nitrogen and oxygen atoms in total. The molecule has 0 aliphatic heterocycles. The van der Waals surface area contributed by atoms with Gasteiger partial charge >= 0.3 is 0 Å². The van der Waals surface area contributed by atoms with Crippen molar-refractivity contribution in [1.29, 1.82) is 0 Å². The molecule has 1 rings (SSSR count). The van der Waals surface area contributed by atoms with Crippen molar-refractivity contribution in [2.75, 3.05) is 0 Å². The predicted octanol–water partition coefficient (Wildman–Crippen LogP) is 2.20. The van der Waals surface area contributed by atoms with Crippen LogP contribution in [0.3, 0.4) is 0 Å². The number of ketones is 1. The number of hydrogen-bond acceptors (Lipinski definition) is 2. The maximum absolute atomic E-state index is 11.7. The van der Waals surface area contributed by atoms with Gasteiger partial charge in [-0.3, -0.25) is 9.59 Å². The van der Waals surface area contributed by atoms with Crippen LogP contribution >= 0.6 is 15.9 Å². The molecule has 90 valence electrons. The Hall–Kier alpha value is -0.640. The number of carbonyl (C=O) groups is 2. The van der Waals surface area contributed by atoms with Crippen molar-refractivity contribution in [2.45, 2.75) is 43.5 Å². The van der Waals surface area contributed by atoms with E-state index in [1.54, 1.807) is 0 Å². The van der Waals surface area contributed by atoms with E-state index in [1.165, 1.54) is 6.08 Å². The topological polar surface area (TPSA) is 46.2 Å². The van der Waals surface area contributed by atoms with Crippen LogP contribution in [0.4, 0.5) is 0 Å². The van der Waals surface area contributed by atoms with E-state index in [2.05, 4.69) is 27.8 Å². The molecule has 0 radical (unpaired) electrons. The molecule has 16 heavy (non-hydrogen) atoms. The summed E-state index contributed by atoms with van der Waals surface area (Å²) in [6.45, 7) is 5.29. The molecule has 0 bridgehead atoms. The van der Waals surface area contributed by atoms with Crippen LogP contribution in [0.25, 0.3) is 0 Å². The second kappa shape index (κ2) is 6.18. The maximum atomic E-state index is 11.7. The standard InChI is InChI=1S/C12H18BrNO2/c1-3-11(15)14-10-6-4-9(5-7-10)12(16)8(2)13/h3,8-10H,1,4-7H2,2H3,(H,14,15). The van der Waals surface area contributed by atoms with Crippen molar-refractivity contribution in [1.82, 2.24) is 5.32 Å². The number of nitrogens with one attached hydrogen (secondary N) is 1. The van der Waals surface area contributed by atoms with Gasteiger partial charge in [0.15, 0.2) is 0 Å². The van der Waals surface area contributed by atoms with Gasteiger partial charge in [0.2, 0.25) is 5.91 Å². The fourth-order valence-electron chi connectivity index (χ4n) is 2.11. The Morgan fingerprint density at radius 1 is 1.38 bits per heavy atom. The van der Waals surface area contributed by atoms with Gasteiger partial charge in [-0.15, -0.1) is 0 Å². The third-order valence-corrected chi connectivity index (χ3v) is 3.50. The van der Waals surface area contributed by atoms with Gasteiger partial charge < -0.3 is 5.32 Å². The van der Waals surface area contributed by atoms with Gasteiger partial charge in [-0.2, -0.15) is 0 Å². The van der Waals surface area contributed by atoms with Gasteiger partial charge in [-0.05, 0) is 38.7 Å². The zero-order valence-corrected chi connectivity index (χ0v) is 11.1. The normalized spacial score (nSPS) is 26.9. The molecule has 4 heteroatoms. The smallest absolute Gasteiger partial charge is 0.243 e. The SMILES string of the molecule is C=CC(=O)NC1CCC(C(=O)C(C)Br)CC1. The average molecular weight is 288 g/mol. The highest BCUT2D eigenvalue weighted by molar-refractivity contribution is 9.10. The summed E-state index contributed by atoms with van der Waals surface area (Å²) < 4.78 is 0. The van der Waals surface area contributed by atoms with E-state index in [9.17, 15) is 9.59 Å². The molecule has 0 aromatic rings. The molecule has 0 spiro atoms. The first-order chi connectivity index (χ1) is 7.54. The monoisotopic (exact) mass is 287 g/mol. The first-order valence-electron chi connectivity index (χ1n) is 5.65. The van der Waals surface area contributed by atoms with Crippen LogP contribution in [0, 0.1) is 5.92 Å². The Bertz CT molecular complexity index is 281. The molecule has 1 amide bonds. The first-order valence-corrected chi connectivity index (χ1v) is 6.57. The first kappa shape index (κ1) is 13.4. The minimum absolute atomic E-state index is 0.0585. The van der Waals surface area contributed by atoms with Crippen LogP contribution in [0.5, 0.6) is 0 Å². The molecule has 1 unspecified atom stereocenters. The minimum Gasteiger partial charge on any atom is -0.350 e. The van der Waals surface area contributed by atoms with E-state index in [1.807, 2.05) is 6.92 Å². The Labute approximate surface area is 105 Å². The third-order valence-electron chi connectivity index (χ3n) is 3.05. The Morgan fingerprint density at radius 3 is 2.38 bits per heavy atom. The van der Waals surface area contributed by atoms with E-state index in [0.717, 1.165) is 25.7 Å². The number of hydrogen-bond donors (Lipinski definition) is 1. The lowest BCUT2D eigenvalue weighted by Crippen LogP contribution is -2.38. The molecule has 0 aromatic carbocycles. The molecular formula is C12H18BrNO2. The number of carbonyl (C=O) groups excluding carboxylic acids is 2. The Morgan fingerprint density at radius 2 is 1.94 bits per heavy atom. The summed E-state index contributed by atoms with van der Waals surface area (Å²) in [5, 5.41) is 2.88.